The Hall–Kier alpha value is -2.01. The van der Waals surface area contributed by atoms with Crippen molar-refractivity contribution in [3.8, 4) is 11.5 Å². The molecule has 0 aliphatic heterocycles. The van der Waals surface area contributed by atoms with E-state index in [-0.39, 0.29) is 24.0 Å². The van der Waals surface area contributed by atoms with E-state index in [1.807, 2.05) is 54.2 Å². The van der Waals surface area contributed by atoms with Crippen LogP contribution in [0.15, 0.2) is 41.0 Å². The summed E-state index contributed by atoms with van der Waals surface area (Å²) in [5.74, 6) is 2.10. The first-order valence-corrected chi connectivity index (χ1v) is 9.38. The van der Waals surface area contributed by atoms with E-state index >= 15 is 0 Å². The predicted molar refractivity (Wildman–Crippen MR) is 121 cm³/mol. The summed E-state index contributed by atoms with van der Waals surface area (Å²) >= 11 is 1.61. The fourth-order valence-corrected chi connectivity index (χ4v) is 3.20. The molecule has 0 aliphatic rings. The third-order valence-corrected chi connectivity index (χ3v) is 4.38. The van der Waals surface area contributed by atoms with Crippen molar-refractivity contribution in [2.45, 2.75) is 20.4 Å². The molecule has 9 heteroatoms. The maximum Gasteiger partial charge on any atom is 0.196 e. The summed E-state index contributed by atoms with van der Waals surface area (Å²) in [6.07, 6.45) is 4.00. The van der Waals surface area contributed by atoms with Crippen molar-refractivity contribution in [1.29, 1.82) is 0 Å². The molecule has 0 unspecified atom stereocenters. The van der Waals surface area contributed by atoms with Crippen LogP contribution in [0.2, 0.25) is 0 Å². The van der Waals surface area contributed by atoms with Crippen molar-refractivity contribution in [2.75, 3.05) is 25.6 Å². The maximum atomic E-state index is 5.63. The molecule has 0 amide bonds. The molecule has 1 aromatic carbocycles. The molecule has 0 atom stereocenters. The molecule has 3 aromatic rings. The molecular formula is C18H24IN5O2S. The number of thiazole rings is 1. The van der Waals surface area contributed by atoms with E-state index in [0.29, 0.717) is 30.6 Å². The van der Waals surface area contributed by atoms with Gasteiger partial charge in [0, 0.05) is 36.1 Å². The van der Waals surface area contributed by atoms with Crippen LogP contribution in [0.5, 0.6) is 11.5 Å². The zero-order valence-electron chi connectivity index (χ0n) is 15.6. The third kappa shape index (κ3) is 5.48. The first-order valence-electron chi connectivity index (χ1n) is 8.50. The fourth-order valence-electron chi connectivity index (χ4n) is 2.48. The van der Waals surface area contributed by atoms with E-state index in [4.69, 9.17) is 9.47 Å². The summed E-state index contributed by atoms with van der Waals surface area (Å²) < 4.78 is 13.0. The molecule has 0 aliphatic carbocycles. The Morgan fingerprint density at radius 2 is 2.15 bits per heavy atom. The lowest BCUT2D eigenvalue weighted by atomic mass is 10.2. The number of hydrogen-bond donors (Lipinski definition) is 2. The van der Waals surface area contributed by atoms with Crippen LogP contribution in [-0.4, -0.2) is 35.6 Å². The Labute approximate surface area is 179 Å². The average molecular weight is 501 g/mol. The number of anilines is 1. The number of nitrogens with one attached hydrogen (secondary N) is 2. The second-order valence-electron chi connectivity index (χ2n) is 5.44. The van der Waals surface area contributed by atoms with Crippen LogP contribution in [0.4, 0.5) is 5.69 Å². The highest BCUT2D eigenvalue weighted by molar-refractivity contribution is 14.0. The fraction of sp³-hybridized carbons (Fsp3) is 0.333. The quantitative estimate of drug-likeness (QED) is 0.291. The molecule has 2 N–H and O–H groups in total. The van der Waals surface area contributed by atoms with E-state index in [2.05, 4.69) is 20.6 Å². The lowest BCUT2D eigenvalue weighted by Gasteiger charge is -2.14. The standard InChI is InChI=1S/C18H23N5O2S.HI/c1-4-19-17(20-11-14-12-23-8-9-26-18(23)22-14)21-13-6-7-15(24-3)16(10-13)25-5-2;/h6-10,12H,4-5,11H2,1-3H3,(H2,19,20,21);1H. The van der Waals surface area contributed by atoms with E-state index in [0.717, 1.165) is 22.9 Å². The van der Waals surface area contributed by atoms with Gasteiger partial charge in [-0.2, -0.15) is 0 Å². The monoisotopic (exact) mass is 501 g/mol. The molecule has 0 bridgehead atoms. The largest absolute Gasteiger partial charge is 0.493 e. The number of fused-ring (bicyclic) bond motifs is 1. The number of imidazole rings is 1. The van der Waals surface area contributed by atoms with Gasteiger partial charge in [-0.05, 0) is 26.0 Å². The van der Waals surface area contributed by atoms with Crippen LogP contribution in [0.1, 0.15) is 19.5 Å². The van der Waals surface area contributed by atoms with Crippen LogP contribution in [0.3, 0.4) is 0 Å². The van der Waals surface area contributed by atoms with Gasteiger partial charge in [-0.1, -0.05) is 0 Å². The van der Waals surface area contributed by atoms with Crippen LogP contribution in [0.25, 0.3) is 4.96 Å². The molecule has 3 rings (SSSR count). The smallest absolute Gasteiger partial charge is 0.196 e. The third-order valence-electron chi connectivity index (χ3n) is 3.61. The first-order chi connectivity index (χ1) is 12.7. The summed E-state index contributed by atoms with van der Waals surface area (Å²) in [6, 6.07) is 5.71. The molecule has 7 nitrogen and oxygen atoms in total. The Balaban J connectivity index is 0.00000261. The lowest BCUT2D eigenvalue weighted by Crippen LogP contribution is -2.30. The maximum absolute atomic E-state index is 5.63. The lowest BCUT2D eigenvalue weighted by molar-refractivity contribution is 0.311. The molecule has 0 saturated heterocycles. The summed E-state index contributed by atoms with van der Waals surface area (Å²) in [5, 5.41) is 8.56. The number of aliphatic imine (C=N–C) groups is 1. The van der Waals surface area contributed by atoms with Crippen LogP contribution in [-0.2, 0) is 6.54 Å². The van der Waals surface area contributed by atoms with Gasteiger partial charge in [-0.3, -0.25) is 4.40 Å². The second-order valence-corrected chi connectivity index (χ2v) is 6.32. The molecule has 146 valence electrons. The van der Waals surface area contributed by atoms with Gasteiger partial charge in [0.25, 0.3) is 0 Å². The SMILES string of the molecule is CCNC(=NCc1cn2ccsc2n1)Nc1ccc(OC)c(OCC)c1.I. The minimum absolute atomic E-state index is 0. The highest BCUT2D eigenvalue weighted by Crippen LogP contribution is 2.30. The average Bonchev–Trinajstić information content (AvgIpc) is 3.22. The van der Waals surface area contributed by atoms with Crippen molar-refractivity contribution in [3.05, 3.63) is 41.7 Å². The van der Waals surface area contributed by atoms with Gasteiger partial charge in [-0.15, -0.1) is 35.3 Å². The number of hydrogen-bond acceptors (Lipinski definition) is 5. The van der Waals surface area contributed by atoms with Gasteiger partial charge in [0.2, 0.25) is 0 Å². The number of nitrogens with zero attached hydrogens (tertiary/aromatic N) is 3. The molecular weight excluding hydrogens is 477 g/mol. The first kappa shape index (κ1) is 21.3. The normalized spacial score (nSPS) is 11.1. The zero-order valence-corrected chi connectivity index (χ0v) is 18.7. The number of halogens is 1. The number of methoxy groups -OCH3 is 1. The van der Waals surface area contributed by atoms with Gasteiger partial charge in [0.15, 0.2) is 22.4 Å². The van der Waals surface area contributed by atoms with Gasteiger partial charge in [0.1, 0.15) is 0 Å². The Morgan fingerprint density at radius 1 is 1.30 bits per heavy atom. The predicted octanol–water partition coefficient (Wildman–Crippen LogP) is 4.00. The van der Waals surface area contributed by atoms with Crippen molar-refractivity contribution in [3.63, 3.8) is 0 Å². The molecule has 2 heterocycles. The molecule has 0 radical (unpaired) electrons. The van der Waals surface area contributed by atoms with Crippen LogP contribution < -0.4 is 20.1 Å². The van der Waals surface area contributed by atoms with Crippen molar-refractivity contribution < 1.29 is 9.47 Å². The molecule has 0 spiro atoms. The number of aromatic nitrogens is 2. The minimum atomic E-state index is 0. The van der Waals surface area contributed by atoms with Crippen LogP contribution in [0, 0.1) is 0 Å². The van der Waals surface area contributed by atoms with Crippen LogP contribution >= 0.6 is 35.3 Å². The Kier molecular flexibility index (Phi) is 8.17. The number of ether oxygens (including phenoxy) is 2. The molecule has 0 saturated carbocycles. The van der Waals surface area contributed by atoms with E-state index in [1.54, 1.807) is 18.4 Å². The van der Waals surface area contributed by atoms with E-state index in [1.165, 1.54) is 0 Å². The van der Waals surface area contributed by atoms with Gasteiger partial charge in [0.05, 0.1) is 26.0 Å². The molecule has 27 heavy (non-hydrogen) atoms. The number of rotatable bonds is 7. The summed E-state index contributed by atoms with van der Waals surface area (Å²) in [4.78, 5) is 10.2. The van der Waals surface area contributed by atoms with Gasteiger partial charge >= 0.3 is 0 Å². The van der Waals surface area contributed by atoms with Gasteiger partial charge in [-0.25, -0.2) is 9.98 Å². The highest BCUT2D eigenvalue weighted by Gasteiger charge is 2.08. The number of benzene rings is 1. The topological polar surface area (TPSA) is 72.2 Å². The minimum Gasteiger partial charge on any atom is -0.493 e. The Bertz CT molecular complexity index is 864. The number of guanidine groups is 1. The highest BCUT2D eigenvalue weighted by atomic mass is 127. The molecule has 2 aromatic heterocycles. The van der Waals surface area contributed by atoms with E-state index < -0.39 is 0 Å². The summed E-state index contributed by atoms with van der Waals surface area (Å²) in [6.45, 7) is 5.81. The second kappa shape index (κ2) is 10.4. The summed E-state index contributed by atoms with van der Waals surface area (Å²) in [5.41, 5.74) is 1.80. The van der Waals surface area contributed by atoms with E-state index in [9.17, 15) is 0 Å². The summed E-state index contributed by atoms with van der Waals surface area (Å²) in [7, 11) is 1.63. The Morgan fingerprint density at radius 3 is 2.85 bits per heavy atom. The van der Waals surface area contributed by atoms with Gasteiger partial charge < -0.3 is 20.1 Å². The van der Waals surface area contributed by atoms with Crippen molar-refractivity contribution in [1.82, 2.24) is 14.7 Å². The van der Waals surface area contributed by atoms with Crippen molar-refractivity contribution in [2.24, 2.45) is 4.99 Å². The van der Waals surface area contributed by atoms with Crippen molar-refractivity contribution >= 4 is 51.9 Å². The molecule has 0 fully saturated rings. The zero-order chi connectivity index (χ0) is 18.4.